The first-order valence-electron chi connectivity index (χ1n) is 9.36. The van der Waals surface area contributed by atoms with E-state index in [2.05, 4.69) is 27.5 Å². The zero-order valence-electron chi connectivity index (χ0n) is 16.0. The molecule has 8 heteroatoms. The molecule has 1 N–H and O–H groups in total. The van der Waals surface area contributed by atoms with E-state index in [1.54, 1.807) is 30.2 Å². The third kappa shape index (κ3) is 2.91. The molecule has 1 aliphatic heterocycles. The Morgan fingerprint density at radius 3 is 2.83 bits per heavy atom. The number of thiophene rings is 1. The lowest BCUT2D eigenvalue weighted by molar-refractivity contribution is -0.123. The van der Waals surface area contributed by atoms with Gasteiger partial charge in [0.25, 0.3) is 0 Å². The normalized spacial score (nSPS) is 22.9. The molecule has 0 radical (unpaired) electrons. The number of ether oxygens (including phenoxy) is 2. The van der Waals surface area contributed by atoms with E-state index in [9.17, 15) is 4.79 Å². The molecule has 1 aliphatic carbocycles. The monoisotopic (exact) mass is 408 g/mol. The van der Waals surface area contributed by atoms with Gasteiger partial charge in [0, 0.05) is 22.9 Å². The number of carbonyl (C=O) groups excluding carboxylic acids is 1. The maximum absolute atomic E-state index is 13.3. The minimum absolute atomic E-state index is 0.0850. The SMILES string of the molecule is COc1ccc([C@@H]2[C@H]3C(=O)C[C@@H](c4cccs4)C=C3Nc3ncnn32)cc1OC. The van der Waals surface area contributed by atoms with Crippen LogP contribution < -0.4 is 14.8 Å². The minimum Gasteiger partial charge on any atom is -0.493 e. The van der Waals surface area contributed by atoms with Gasteiger partial charge in [0.1, 0.15) is 12.1 Å². The molecule has 148 valence electrons. The Morgan fingerprint density at radius 2 is 2.07 bits per heavy atom. The number of ketones is 1. The first-order chi connectivity index (χ1) is 14.2. The van der Waals surface area contributed by atoms with Crippen LogP contribution in [0.2, 0.25) is 0 Å². The highest BCUT2D eigenvalue weighted by atomic mass is 32.1. The average Bonchev–Trinajstić information content (AvgIpc) is 3.43. The first-order valence-corrected chi connectivity index (χ1v) is 10.2. The summed E-state index contributed by atoms with van der Waals surface area (Å²) >= 11 is 1.68. The summed E-state index contributed by atoms with van der Waals surface area (Å²) < 4.78 is 12.6. The van der Waals surface area contributed by atoms with Crippen LogP contribution in [0.4, 0.5) is 5.95 Å². The zero-order valence-corrected chi connectivity index (χ0v) is 16.8. The molecule has 2 aliphatic rings. The summed E-state index contributed by atoms with van der Waals surface area (Å²) in [5, 5.41) is 9.77. The predicted molar refractivity (Wildman–Crippen MR) is 110 cm³/mol. The maximum atomic E-state index is 13.3. The number of benzene rings is 1. The number of anilines is 1. The molecule has 0 amide bonds. The molecule has 7 nitrogen and oxygen atoms in total. The fourth-order valence-corrected chi connectivity index (χ4v) is 5.03. The fraction of sp³-hybridized carbons (Fsp3) is 0.286. The van der Waals surface area contributed by atoms with Crippen molar-refractivity contribution in [3.05, 3.63) is 64.3 Å². The van der Waals surface area contributed by atoms with Gasteiger partial charge in [-0.15, -0.1) is 11.3 Å². The number of Topliss-reactive ketones (excluding diaryl/α,β-unsaturated/α-hetero) is 1. The molecule has 0 bridgehead atoms. The van der Waals surface area contributed by atoms with E-state index in [4.69, 9.17) is 9.47 Å². The first kappa shape index (κ1) is 17.9. The molecular weight excluding hydrogens is 388 g/mol. The van der Waals surface area contributed by atoms with Gasteiger partial charge in [-0.3, -0.25) is 4.79 Å². The molecule has 2 aromatic heterocycles. The number of nitrogens with zero attached hydrogens (tertiary/aromatic N) is 3. The van der Waals surface area contributed by atoms with Crippen LogP contribution in [0.25, 0.3) is 0 Å². The average molecular weight is 408 g/mol. The van der Waals surface area contributed by atoms with Gasteiger partial charge in [0.05, 0.1) is 26.2 Å². The number of rotatable bonds is 4. The highest BCUT2D eigenvalue weighted by Crippen LogP contribution is 2.45. The Kier molecular flexibility index (Phi) is 4.35. The van der Waals surface area contributed by atoms with Crippen molar-refractivity contribution < 1.29 is 14.3 Å². The van der Waals surface area contributed by atoms with Gasteiger partial charge < -0.3 is 14.8 Å². The molecule has 0 saturated carbocycles. The number of fused-ring (bicyclic) bond motifs is 2. The van der Waals surface area contributed by atoms with E-state index in [0.717, 1.165) is 11.3 Å². The number of hydrogen-bond acceptors (Lipinski definition) is 7. The molecule has 0 fully saturated rings. The molecule has 29 heavy (non-hydrogen) atoms. The summed E-state index contributed by atoms with van der Waals surface area (Å²) in [6, 6.07) is 9.54. The molecule has 3 atom stereocenters. The van der Waals surface area contributed by atoms with Gasteiger partial charge in [-0.25, -0.2) is 4.68 Å². The quantitative estimate of drug-likeness (QED) is 0.710. The number of aromatic nitrogens is 3. The summed E-state index contributed by atoms with van der Waals surface area (Å²) in [7, 11) is 3.21. The second-order valence-corrected chi connectivity index (χ2v) is 8.08. The van der Waals surface area contributed by atoms with Crippen molar-refractivity contribution in [1.29, 1.82) is 0 Å². The molecule has 3 aromatic rings. The topological polar surface area (TPSA) is 78.3 Å². The van der Waals surface area contributed by atoms with Crippen molar-refractivity contribution in [2.75, 3.05) is 19.5 Å². The third-order valence-corrected chi connectivity index (χ3v) is 6.55. The Labute approximate surface area is 172 Å². The van der Waals surface area contributed by atoms with Crippen LogP contribution in [0.5, 0.6) is 11.5 Å². The third-order valence-electron chi connectivity index (χ3n) is 5.55. The van der Waals surface area contributed by atoms with E-state index >= 15 is 0 Å². The summed E-state index contributed by atoms with van der Waals surface area (Å²) in [6.07, 6.45) is 4.16. The standard InChI is InChI=1S/C21H20N4O3S/c1-27-16-6-5-12(10-17(16)28-2)20-19-14(24-21-22-11-23-25(20)21)8-13(9-15(19)26)18-4-3-7-29-18/h3-8,10-11,13,19-20H,9H2,1-2H3,(H,22,23,24)/t13-,19+,20+/m0/s1. The van der Waals surface area contributed by atoms with E-state index < -0.39 is 0 Å². The Balaban J connectivity index is 1.62. The molecule has 0 saturated heterocycles. The summed E-state index contributed by atoms with van der Waals surface area (Å²) in [5.41, 5.74) is 1.81. The van der Waals surface area contributed by atoms with Crippen LogP contribution in [-0.4, -0.2) is 34.8 Å². The fourth-order valence-electron chi connectivity index (χ4n) is 4.23. The molecule has 5 rings (SSSR count). The Bertz CT molecular complexity index is 1090. The predicted octanol–water partition coefficient (Wildman–Crippen LogP) is 3.63. The van der Waals surface area contributed by atoms with Crippen molar-refractivity contribution >= 4 is 23.1 Å². The van der Waals surface area contributed by atoms with Gasteiger partial charge in [0.15, 0.2) is 11.5 Å². The van der Waals surface area contributed by atoms with Crippen LogP contribution in [0.1, 0.15) is 28.8 Å². The molecular formula is C21H20N4O3S. The van der Waals surface area contributed by atoms with Gasteiger partial charge in [-0.2, -0.15) is 10.1 Å². The van der Waals surface area contributed by atoms with Crippen LogP contribution in [-0.2, 0) is 4.79 Å². The Hall–Kier alpha value is -3.13. The number of carbonyl (C=O) groups is 1. The highest BCUT2D eigenvalue weighted by molar-refractivity contribution is 7.10. The lowest BCUT2D eigenvalue weighted by Gasteiger charge is -2.37. The lowest BCUT2D eigenvalue weighted by atomic mass is 9.77. The van der Waals surface area contributed by atoms with Gasteiger partial charge in [0.2, 0.25) is 5.95 Å². The van der Waals surface area contributed by atoms with E-state index in [1.165, 1.54) is 11.2 Å². The summed E-state index contributed by atoms with van der Waals surface area (Å²) in [6.45, 7) is 0. The number of methoxy groups -OCH3 is 2. The molecule has 1 aromatic carbocycles. The summed E-state index contributed by atoms with van der Waals surface area (Å²) in [4.78, 5) is 18.9. The number of allylic oxidation sites excluding steroid dienone is 2. The van der Waals surface area contributed by atoms with E-state index in [0.29, 0.717) is 23.9 Å². The van der Waals surface area contributed by atoms with Gasteiger partial charge >= 0.3 is 0 Å². The van der Waals surface area contributed by atoms with Crippen LogP contribution in [0, 0.1) is 5.92 Å². The van der Waals surface area contributed by atoms with E-state index in [-0.39, 0.29) is 23.7 Å². The van der Waals surface area contributed by atoms with Crippen molar-refractivity contribution in [2.24, 2.45) is 5.92 Å². The molecule has 0 spiro atoms. The minimum atomic E-state index is -0.349. The van der Waals surface area contributed by atoms with Crippen LogP contribution in [0.15, 0.2) is 53.8 Å². The van der Waals surface area contributed by atoms with Crippen molar-refractivity contribution in [1.82, 2.24) is 14.8 Å². The Morgan fingerprint density at radius 1 is 1.21 bits per heavy atom. The number of hydrogen-bond donors (Lipinski definition) is 1. The van der Waals surface area contributed by atoms with Crippen molar-refractivity contribution in [3.63, 3.8) is 0 Å². The maximum Gasteiger partial charge on any atom is 0.226 e. The van der Waals surface area contributed by atoms with Crippen molar-refractivity contribution in [2.45, 2.75) is 18.4 Å². The van der Waals surface area contributed by atoms with Gasteiger partial charge in [-0.05, 0) is 29.1 Å². The largest absolute Gasteiger partial charge is 0.493 e. The second-order valence-electron chi connectivity index (χ2n) is 7.10. The van der Waals surface area contributed by atoms with Gasteiger partial charge in [-0.1, -0.05) is 18.2 Å². The van der Waals surface area contributed by atoms with Crippen LogP contribution >= 0.6 is 11.3 Å². The van der Waals surface area contributed by atoms with Crippen LogP contribution in [0.3, 0.4) is 0 Å². The van der Waals surface area contributed by atoms with E-state index in [1.807, 2.05) is 29.6 Å². The molecule has 0 unspecified atom stereocenters. The summed E-state index contributed by atoms with van der Waals surface area (Å²) in [5.74, 6) is 1.82. The lowest BCUT2D eigenvalue weighted by Crippen LogP contribution is -2.40. The highest BCUT2D eigenvalue weighted by Gasteiger charge is 2.43. The smallest absolute Gasteiger partial charge is 0.226 e. The molecule has 3 heterocycles. The van der Waals surface area contributed by atoms with Crippen molar-refractivity contribution in [3.8, 4) is 11.5 Å². The second kappa shape index (κ2) is 7.04. The number of nitrogens with one attached hydrogen (secondary N) is 1. The zero-order chi connectivity index (χ0) is 20.0.